The van der Waals surface area contributed by atoms with Crippen LogP contribution in [-0.4, -0.2) is 15.9 Å². The molecule has 29 heavy (non-hydrogen) atoms. The van der Waals surface area contributed by atoms with Crippen LogP contribution in [0.2, 0.25) is 5.02 Å². The summed E-state index contributed by atoms with van der Waals surface area (Å²) < 4.78 is 0. The van der Waals surface area contributed by atoms with Gasteiger partial charge in [-0.1, -0.05) is 23.7 Å². The van der Waals surface area contributed by atoms with Crippen LogP contribution < -0.4 is 11.1 Å². The molecule has 1 aliphatic carbocycles. The van der Waals surface area contributed by atoms with Crippen molar-refractivity contribution in [3.8, 4) is 11.3 Å². The van der Waals surface area contributed by atoms with Crippen molar-refractivity contribution in [3.63, 3.8) is 0 Å². The maximum absolute atomic E-state index is 12.9. The van der Waals surface area contributed by atoms with Crippen molar-refractivity contribution in [1.82, 2.24) is 9.97 Å². The van der Waals surface area contributed by atoms with E-state index in [9.17, 15) is 4.79 Å². The number of nitrogens with zero attached hydrogens (tertiary/aromatic N) is 2. The number of hydrogen-bond acceptors (Lipinski definition) is 6. The van der Waals surface area contributed by atoms with Crippen molar-refractivity contribution < 1.29 is 4.79 Å². The summed E-state index contributed by atoms with van der Waals surface area (Å²) in [5.74, 6) is -0.250. The van der Waals surface area contributed by atoms with E-state index in [-0.39, 0.29) is 5.91 Å². The van der Waals surface area contributed by atoms with Gasteiger partial charge in [0, 0.05) is 27.0 Å². The van der Waals surface area contributed by atoms with Gasteiger partial charge in [0.25, 0.3) is 5.91 Å². The zero-order chi connectivity index (χ0) is 20.0. The smallest absolute Gasteiger partial charge is 0.269 e. The summed E-state index contributed by atoms with van der Waals surface area (Å²) in [6.45, 7) is 0. The molecular formula is C21H17ClN4OS2. The summed E-state index contributed by atoms with van der Waals surface area (Å²) in [6, 6.07) is 9.56. The molecule has 1 amide bonds. The van der Waals surface area contributed by atoms with Gasteiger partial charge in [-0.05, 0) is 49.4 Å². The minimum atomic E-state index is -0.250. The number of halogens is 1. The Morgan fingerprint density at radius 3 is 2.76 bits per heavy atom. The van der Waals surface area contributed by atoms with Crippen molar-refractivity contribution in [2.24, 2.45) is 0 Å². The number of thiophene rings is 1. The fourth-order valence-corrected chi connectivity index (χ4v) is 5.40. The molecule has 3 N–H and O–H groups in total. The number of benzene rings is 1. The molecule has 0 spiro atoms. The number of nitrogens with two attached hydrogens (primary N) is 1. The third-order valence-electron chi connectivity index (χ3n) is 5.07. The van der Waals surface area contributed by atoms with E-state index >= 15 is 0 Å². The van der Waals surface area contributed by atoms with Crippen molar-refractivity contribution in [3.05, 3.63) is 56.9 Å². The molecule has 0 unspecified atom stereocenters. The van der Waals surface area contributed by atoms with Gasteiger partial charge in [0.05, 0.1) is 11.4 Å². The number of aromatic nitrogens is 2. The summed E-state index contributed by atoms with van der Waals surface area (Å²) in [5, 5.41) is 6.86. The molecule has 5 rings (SSSR count). The highest BCUT2D eigenvalue weighted by Gasteiger charge is 2.21. The second-order valence-electron chi connectivity index (χ2n) is 7.00. The molecule has 0 atom stereocenters. The monoisotopic (exact) mass is 440 g/mol. The lowest BCUT2D eigenvalue weighted by atomic mass is 9.95. The van der Waals surface area contributed by atoms with E-state index in [4.69, 9.17) is 22.3 Å². The van der Waals surface area contributed by atoms with Crippen molar-refractivity contribution >= 4 is 61.2 Å². The third kappa shape index (κ3) is 3.50. The third-order valence-corrected chi connectivity index (χ3v) is 7.19. The Hall–Kier alpha value is -2.48. The highest BCUT2D eigenvalue weighted by molar-refractivity contribution is 7.21. The van der Waals surface area contributed by atoms with E-state index < -0.39 is 0 Å². The largest absolute Gasteiger partial charge is 0.397 e. The van der Waals surface area contributed by atoms with Gasteiger partial charge < -0.3 is 5.73 Å². The van der Waals surface area contributed by atoms with E-state index in [0.717, 1.165) is 40.0 Å². The Labute approximate surface area is 180 Å². The molecule has 0 bridgehead atoms. The zero-order valence-corrected chi connectivity index (χ0v) is 17.8. The maximum atomic E-state index is 12.9. The average Bonchev–Trinajstić information content (AvgIpc) is 3.32. The fraction of sp³-hybridized carbons (Fsp3) is 0.190. The number of nitrogens with one attached hydrogen (secondary N) is 1. The molecule has 3 aromatic heterocycles. The first kappa shape index (κ1) is 18.5. The Balaban J connectivity index is 1.41. The molecule has 0 saturated heterocycles. The summed E-state index contributed by atoms with van der Waals surface area (Å²) in [6.07, 6.45) is 4.37. The predicted octanol–water partition coefficient (Wildman–Crippen LogP) is 5.79. The predicted molar refractivity (Wildman–Crippen MR) is 121 cm³/mol. The van der Waals surface area contributed by atoms with Crippen LogP contribution in [0.1, 0.15) is 33.8 Å². The molecule has 3 heterocycles. The average molecular weight is 441 g/mol. The number of rotatable bonds is 3. The summed E-state index contributed by atoms with van der Waals surface area (Å²) in [5.41, 5.74) is 11.0. The molecule has 1 aliphatic rings. The van der Waals surface area contributed by atoms with Crippen LogP contribution in [0.5, 0.6) is 0 Å². The molecular weight excluding hydrogens is 424 g/mol. The highest BCUT2D eigenvalue weighted by Crippen LogP contribution is 2.36. The number of pyridine rings is 1. The molecule has 0 fully saturated rings. The topological polar surface area (TPSA) is 80.9 Å². The molecule has 8 heteroatoms. The van der Waals surface area contributed by atoms with Crippen LogP contribution in [0.3, 0.4) is 0 Å². The second-order valence-corrected chi connectivity index (χ2v) is 9.29. The van der Waals surface area contributed by atoms with Crippen LogP contribution >= 0.6 is 34.3 Å². The van der Waals surface area contributed by atoms with Gasteiger partial charge >= 0.3 is 0 Å². The molecule has 0 radical (unpaired) electrons. The van der Waals surface area contributed by atoms with Gasteiger partial charge in [0.1, 0.15) is 9.71 Å². The van der Waals surface area contributed by atoms with Crippen molar-refractivity contribution in [2.75, 3.05) is 11.1 Å². The van der Waals surface area contributed by atoms with E-state index in [1.165, 1.54) is 41.1 Å². The zero-order valence-electron chi connectivity index (χ0n) is 15.4. The quantitative estimate of drug-likeness (QED) is 0.422. The van der Waals surface area contributed by atoms with Crippen molar-refractivity contribution in [1.29, 1.82) is 0 Å². The molecule has 5 nitrogen and oxygen atoms in total. The highest BCUT2D eigenvalue weighted by atomic mass is 35.5. The Morgan fingerprint density at radius 2 is 1.93 bits per heavy atom. The lowest BCUT2D eigenvalue weighted by molar-refractivity contribution is 0.103. The Kier molecular flexibility index (Phi) is 4.73. The lowest BCUT2D eigenvalue weighted by Gasteiger charge is -2.14. The number of nitrogen functional groups attached to an aromatic ring is 1. The number of aryl methyl sites for hydroxylation is 2. The summed E-state index contributed by atoms with van der Waals surface area (Å²) >= 11 is 8.66. The van der Waals surface area contributed by atoms with E-state index in [2.05, 4.69) is 16.4 Å². The number of anilines is 2. The first-order valence-electron chi connectivity index (χ1n) is 9.32. The molecule has 1 aromatic carbocycles. The minimum absolute atomic E-state index is 0.250. The SMILES string of the molecule is Nc1c(C(=O)Nc2nc(-c3ccc(Cl)cc3)cs2)sc2nc3c(cc12)CCCC3. The molecule has 4 aromatic rings. The van der Waals surface area contributed by atoms with Gasteiger partial charge in [-0.15, -0.1) is 22.7 Å². The Morgan fingerprint density at radius 1 is 1.14 bits per heavy atom. The second kappa shape index (κ2) is 7.40. The van der Waals surface area contributed by atoms with E-state index in [0.29, 0.717) is 20.7 Å². The number of hydrogen-bond donors (Lipinski definition) is 2. The van der Waals surface area contributed by atoms with Gasteiger partial charge in [-0.3, -0.25) is 10.1 Å². The van der Waals surface area contributed by atoms with Crippen LogP contribution in [0, 0.1) is 0 Å². The first-order chi connectivity index (χ1) is 14.1. The van der Waals surface area contributed by atoms with Gasteiger partial charge in [-0.2, -0.15) is 0 Å². The van der Waals surface area contributed by atoms with Crippen LogP contribution in [0.25, 0.3) is 21.5 Å². The van der Waals surface area contributed by atoms with Gasteiger partial charge in [0.15, 0.2) is 5.13 Å². The lowest BCUT2D eigenvalue weighted by Crippen LogP contribution is -2.11. The van der Waals surface area contributed by atoms with Crippen LogP contribution in [0.4, 0.5) is 10.8 Å². The first-order valence-corrected chi connectivity index (χ1v) is 11.4. The summed E-state index contributed by atoms with van der Waals surface area (Å²) in [7, 11) is 0. The number of amides is 1. The van der Waals surface area contributed by atoms with Gasteiger partial charge in [0.2, 0.25) is 0 Å². The normalized spacial score (nSPS) is 13.4. The maximum Gasteiger partial charge on any atom is 0.269 e. The number of carbonyl (C=O) groups excluding carboxylic acids is 1. The number of thiazole rings is 1. The van der Waals surface area contributed by atoms with E-state index in [1.807, 2.05) is 29.6 Å². The Bertz CT molecular complexity index is 1230. The van der Waals surface area contributed by atoms with Crippen LogP contribution in [0.15, 0.2) is 35.7 Å². The van der Waals surface area contributed by atoms with Gasteiger partial charge in [-0.25, -0.2) is 9.97 Å². The van der Waals surface area contributed by atoms with Crippen molar-refractivity contribution in [2.45, 2.75) is 25.7 Å². The van der Waals surface area contributed by atoms with Crippen LogP contribution in [-0.2, 0) is 12.8 Å². The fourth-order valence-electron chi connectivity index (χ4n) is 3.57. The number of carbonyl (C=O) groups is 1. The number of fused-ring (bicyclic) bond motifs is 2. The molecule has 0 aliphatic heterocycles. The summed E-state index contributed by atoms with van der Waals surface area (Å²) in [4.78, 5) is 23.5. The standard InChI is InChI=1S/C21H17ClN4OS2/c22-13-7-5-11(6-8-13)16-10-28-21(25-16)26-19(27)18-17(23)14-9-12-3-1-2-4-15(12)24-20(14)29-18/h5-10H,1-4,23H2,(H,25,26,27). The minimum Gasteiger partial charge on any atom is -0.397 e. The van der Waals surface area contributed by atoms with E-state index in [1.54, 1.807) is 0 Å². The molecule has 0 saturated carbocycles. The molecule has 146 valence electrons.